The first kappa shape index (κ1) is 12.9. The van der Waals surface area contributed by atoms with Gasteiger partial charge < -0.3 is 10.1 Å². The molecule has 1 N–H and O–H groups in total. The lowest BCUT2D eigenvalue weighted by atomic mass is 9.88. The van der Waals surface area contributed by atoms with Crippen molar-refractivity contribution in [3.8, 4) is 0 Å². The van der Waals surface area contributed by atoms with Crippen LogP contribution in [0.4, 0.5) is 0 Å². The molecule has 0 aromatic rings. The Labute approximate surface area is 85.0 Å². The van der Waals surface area contributed by atoms with Crippen molar-refractivity contribution in [2.45, 2.75) is 40.2 Å². The van der Waals surface area contributed by atoms with E-state index in [1.165, 1.54) is 6.92 Å². The van der Waals surface area contributed by atoms with Gasteiger partial charge in [-0.25, -0.2) is 4.79 Å². The summed E-state index contributed by atoms with van der Waals surface area (Å²) in [7, 11) is 0. The fourth-order valence-corrected chi connectivity index (χ4v) is 1.08. The molecule has 0 spiro atoms. The molecule has 1 amide bonds. The van der Waals surface area contributed by atoms with Crippen LogP contribution in [0.15, 0.2) is 0 Å². The highest BCUT2D eigenvalue weighted by Crippen LogP contribution is 2.18. The van der Waals surface area contributed by atoms with Gasteiger partial charge >= 0.3 is 5.97 Å². The third-order valence-corrected chi connectivity index (χ3v) is 2.29. The van der Waals surface area contributed by atoms with Gasteiger partial charge in [-0.05, 0) is 19.8 Å². The van der Waals surface area contributed by atoms with Crippen molar-refractivity contribution in [1.29, 1.82) is 0 Å². The molecule has 0 radical (unpaired) electrons. The summed E-state index contributed by atoms with van der Waals surface area (Å²) in [5.41, 5.74) is -0.929. The molecule has 0 unspecified atom stereocenters. The van der Waals surface area contributed by atoms with Gasteiger partial charge in [-0.2, -0.15) is 0 Å². The molecule has 0 aliphatic carbocycles. The second-order valence-electron chi connectivity index (χ2n) is 3.76. The van der Waals surface area contributed by atoms with Crippen LogP contribution in [-0.4, -0.2) is 24.0 Å². The summed E-state index contributed by atoms with van der Waals surface area (Å²) in [6.07, 6.45) is 0. The van der Waals surface area contributed by atoms with Gasteiger partial charge in [-0.3, -0.25) is 4.79 Å². The summed E-state index contributed by atoms with van der Waals surface area (Å²) >= 11 is 0. The Balaban J connectivity index is 4.70. The van der Waals surface area contributed by atoms with Crippen LogP contribution < -0.4 is 5.32 Å². The second-order valence-corrected chi connectivity index (χ2v) is 3.76. The summed E-state index contributed by atoms with van der Waals surface area (Å²) in [4.78, 5) is 22.6. The zero-order valence-corrected chi connectivity index (χ0v) is 9.51. The van der Waals surface area contributed by atoms with E-state index in [2.05, 4.69) is 5.32 Å². The summed E-state index contributed by atoms with van der Waals surface area (Å²) in [6, 6.07) is 0. The Morgan fingerprint density at radius 2 is 1.93 bits per heavy atom. The smallest absolute Gasteiger partial charge is 0.331 e. The Hall–Kier alpha value is -1.06. The van der Waals surface area contributed by atoms with Crippen LogP contribution in [0, 0.1) is 5.92 Å². The van der Waals surface area contributed by atoms with Crippen molar-refractivity contribution in [2.24, 2.45) is 5.92 Å². The maximum Gasteiger partial charge on any atom is 0.331 e. The molecule has 4 nitrogen and oxygen atoms in total. The number of rotatable bonds is 4. The number of esters is 1. The summed E-state index contributed by atoms with van der Waals surface area (Å²) in [5, 5.41) is 2.63. The van der Waals surface area contributed by atoms with Gasteiger partial charge in [0.05, 0.1) is 6.61 Å². The zero-order valence-electron chi connectivity index (χ0n) is 9.51. The number of carbonyl (C=O) groups excluding carboxylic acids is 2. The molecular formula is C10H19NO3. The van der Waals surface area contributed by atoms with Gasteiger partial charge in [0.2, 0.25) is 5.91 Å². The summed E-state index contributed by atoms with van der Waals surface area (Å²) < 4.78 is 4.92. The van der Waals surface area contributed by atoms with Crippen molar-refractivity contribution in [3.63, 3.8) is 0 Å². The lowest BCUT2D eigenvalue weighted by Gasteiger charge is -2.31. The van der Waals surface area contributed by atoms with Crippen molar-refractivity contribution in [2.75, 3.05) is 6.61 Å². The normalized spacial score (nSPS) is 14.7. The number of carbonyl (C=O) groups is 2. The minimum absolute atomic E-state index is 0.00884. The Bertz CT molecular complexity index is 225. The molecule has 0 aromatic heterocycles. The quantitative estimate of drug-likeness (QED) is 0.693. The Morgan fingerprint density at radius 3 is 2.21 bits per heavy atom. The maximum atomic E-state index is 11.6. The highest BCUT2D eigenvalue weighted by Gasteiger charge is 2.38. The van der Waals surface area contributed by atoms with Crippen molar-refractivity contribution in [1.82, 2.24) is 5.32 Å². The number of nitrogens with one attached hydrogen (secondary N) is 1. The van der Waals surface area contributed by atoms with Crippen LogP contribution >= 0.6 is 0 Å². The monoisotopic (exact) mass is 201 g/mol. The zero-order chi connectivity index (χ0) is 11.4. The molecule has 0 saturated heterocycles. The molecular weight excluding hydrogens is 182 g/mol. The molecule has 0 fully saturated rings. The van der Waals surface area contributed by atoms with E-state index in [1.54, 1.807) is 13.8 Å². The average molecular weight is 201 g/mol. The molecule has 0 rings (SSSR count). The van der Waals surface area contributed by atoms with E-state index < -0.39 is 5.54 Å². The van der Waals surface area contributed by atoms with Crippen LogP contribution in [0.3, 0.4) is 0 Å². The van der Waals surface area contributed by atoms with Crippen LogP contribution in [-0.2, 0) is 14.3 Å². The molecule has 0 aliphatic rings. The van der Waals surface area contributed by atoms with Crippen LogP contribution in [0.25, 0.3) is 0 Å². The van der Waals surface area contributed by atoms with Gasteiger partial charge in [0, 0.05) is 6.92 Å². The maximum absolute atomic E-state index is 11.6. The van der Waals surface area contributed by atoms with Crippen LogP contribution in [0.2, 0.25) is 0 Å². The Morgan fingerprint density at radius 1 is 1.43 bits per heavy atom. The van der Waals surface area contributed by atoms with Gasteiger partial charge in [0.1, 0.15) is 5.54 Å². The largest absolute Gasteiger partial charge is 0.464 e. The van der Waals surface area contributed by atoms with Crippen LogP contribution in [0.1, 0.15) is 34.6 Å². The fraction of sp³-hybridized carbons (Fsp3) is 0.800. The van der Waals surface area contributed by atoms with E-state index >= 15 is 0 Å². The van der Waals surface area contributed by atoms with Gasteiger partial charge in [-0.1, -0.05) is 13.8 Å². The summed E-state index contributed by atoms with van der Waals surface area (Å²) in [6.45, 7) is 8.86. The predicted octanol–water partition coefficient (Wildman–Crippen LogP) is 1.10. The molecule has 0 saturated carbocycles. The van der Waals surface area contributed by atoms with Gasteiger partial charge in [0.15, 0.2) is 0 Å². The van der Waals surface area contributed by atoms with Gasteiger partial charge in [0.25, 0.3) is 0 Å². The third kappa shape index (κ3) is 3.01. The van der Waals surface area contributed by atoms with Crippen molar-refractivity contribution < 1.29 is 14.3 Å². The van der Waals surface area contributed by atoms with E-state index in [9.17, 15) is 9.59 Å². The number of amides is 1. The summed E-state index contributed by atoms with van der Waals surface area (Å²) in [5.74, 6) is -0.620. The number of hydrogen-bond donors (Lipinski definition) is 1. The molecule has 0 aliphatic heterocycles. The molecule has 4 heteroatoms. The average Bonchev–Trinajstić information content (AvgIpc) is 2.02. The van der Waals surface area contributed by atoms with E-state index in [0.717, 1.165) is 0 Å². The minimum Gasteiger partial charge on any atom is -0.464 e. The molecule has 14 heavy (non-hydrogen) atoms. The molecule has 0 heterocycles. The number of ether oxygens (including phenoxy) is 1. The van der Waals surface area contributed by atoms with Crippen molar-refractivity contribution >= 4 is 11.9 Å². The molecule has 0 aromatic carbocycles. The van der Waals surface area contributed by atoms with E-state index in [4.69, 9.17) is 4.74 Å². The third-order valence-electron chi connectivity index (χ3n) is 2.29. The molecule has 82 valence electrons. The lowest BCUT2D eigenvalue weighted by Crippen LogP contribution is -2.56. The second kappa shape index (κ2) is 4.98. The van der Waals surface area contributed by atoms with Crippen molar-refractivity contribution in [3.05, 3.63) is 0 Å². The highest BCUT2D eigenvalue weighted by atomic mass is 16.5. The topological polar surface area (TPSA) is 55.4 Å². The van der Waals surface area contributed by atoms with E-state index in [-0.39, 0.29) is 17.8 Å². The van der Waals surface area contributed by atoms with E-state index in [0.29, 0.717) is 6.61 Å². The van der Waals surface area contributed by atoms with E-state index in [1.807, 2.05) is 13.8 Å². The molecule has 1 atom stereocenters. The first-order valence-corrected chi connectivity index (χ1v) is 4.80. The lowest BCUT2D eigenvalue weighted by molar-refractivity contribution is -0.154. The number of hydrogen-bond acceptors (Lipinski definition) is 3. The Kier molecular flexibility index (Phi) is 4.60. The van der Waals surface area contributed by atoms with Crippen LogP contribution in [0.5, 0.6) is 0 Å². The predicted molar refractivity (Wildman–Crippen MR) is 53.7 cm³/mol. The SMILES string of the molecule is CCOC(=O)[C@](C)(NC(C)=O)C(C)C. The standard InChI is InChI=1S/C10H19NO3/c1-6-14-9(13)10(5,7(2)3)11-8(4)12/h7H,6H2,1-5H3,(H,11,12)/t10-/m1/s1. The molecule has 0 bridgehead atoms. The first-order valence-electron chi connectivity index (χ1n) is 4.80. The fourth-order valence-electron chi connectivity index (χ4n) is 1.08. The highest BCUT2D eigenvalue weighted by molar-refractivity contribution is 5.87. The first-order chi connectivity index (χ1) is 6.34. The minimum atomic E-state index is -0.929. The van der Waals surface area contributed by atoms with Gasteiger partial charge in [-0.15, -0.1) is 0 Å².